The fraction of sp³-hybridized carbons (Fsp3) is 0.143. The maximum atomic E-state index is 15.3. The third kappa shape index (κ3) is 4.44. The Balaban J connectivity index is 1.95. The molecule has 0 fully saturated rings. The zero-order valence-electron chi connectivity index (χ0n) is 14.9. The first-order chi connectivity index (χ1) is 13.0. The standard InChI is InChI=1S/C21H18ClFN2O2/c1-13(26)25-19-9-6-14(12-24-19)10-16-7-8-18(27-2)20(21(16)23)15-4-3-5-17(22)11-15/h3-9,11-12H,10H2,1-2H3,(H,24,25,26). The van der Waals surface area contributed by atoms with Crippen LogP contribution in [-0.2, 0) is 11.2 Å². The Hall–Kier alpha value is -2.92. The summed E-state index contributed by atoms with van der Waals surface area (Å²) in [5, 5.41) is 3.13. The molecule has 0 bridgehead atoms. The summed E-state index contributed by atoms with van der Waals surface area (Å²) >= 11 is 6.06. The van der Waals surface area contributed by atoms with Gasteiger partial charge in [0, 0.05) is 24.6 Å². The van der Waals surface area contributed by atoms with E-state index in [0.29, 0.717) is 39.7 Å². The molecule has 0 saturated heterocycles. The summed E-state index contributed by atoms with van der Waals surface area (Å²) in [7, 11) is 1.51. The van der Waals surface area contributed by atoms with Gasteiger partial charge < -0.3 is 10.1 Å². The van der Waals surface area contributed by atoms with Crippen LogP contribution in [-0.4, -0.2) is 18.0 Å². The van der Waals surface area contributed by atoms with Crippen LogP contribution in [0.15, 0.2) is 54.7 Å². The number of rotatable bonds is 5. The van der Waals surface area contributed by atoms with Crippen molar-refractivity contribution in [1.82, 2.24) is 4.98 Å². The monoisotopic (exact) mass is 384 g/mol. The molecule has 0 aliphatic carbocycles. The van der Waals surface area contributed by atoms with E-state index in [4.69, 9.17) is 16.3 Å². The number of carbonyl (C=O) groups is 1. The van der Waals surface area contributed by atoms with E-state index in [9.17, 15) is 4.79 Å². The van der Waals surface area contributed by atoms with Crippen LogP contribution in [0.2, 0.25) is 5.02 Å². The molecule has 1 aromatic heterocycles. The lowest BCUT2D eigenvalue weighted by Crippen LogP contribution is -2.07. The quantitative estimate of drug-likeness (QED) is 0.665. The molecular formula is C21H18ClFN2O2. The zero-order valence-corrected chi connectivity index (χ0v) is 15.7. The minimum absolute atomic E-state index is 0.192. The molecule has 0 saturated carbocycles. The fourth-order valence-corrected chi connectivity index (χ4v) is 3.01. The first-order valence-electron chi connectivity index (χ1n) is 8.31. The molecule has 1 amide bonds. The highest BCUT2D eigenvalue weighted by Gasteiger charge is 2.17. The van der Waals surface area contributed by atoms with Crippen molar-refractivity contribution in [2.75, 3.05) is 12.4 Å². The first-order valence-corrected chi connectivity index (χ1v) is 8.69. The lowest BCUT2D eigenvalue weighted by atomic mass is 9.97. The third-order valence-corrected chi connectivity index (χ3v) is 4.28. The molecule has 3 aromatic rings. The van der Waals surface area contributed by atoms with Crippen LogP contribution in [0.1, 0.15) is 18.1 Å². The van der Waals surface area contributed by atoms with Crippen molar-refractivity contribution >= 4 is 23.3 Å². The highest BCUT2D eigenvalue weighted by molar-refractivity contribution is 6.30. The van der Waals surface area contributed by atoms with E-state index in [1.165, 1.54) is 14.0 Å². The van der Waals surface area contributed by atoms with E-state index >= 15 is 4.39 Å². The number of benzene rings is 2. The summed E-state index contributed by atoms with van der Waals surface area (Å²) in [5.74, 6) is 0.351. The number of carbonyl (C=O) groups excluding carboxylic acids is 1. The normalized spacial score (nSPS) is 10.5. The Kier molecular flexibility index (Phi) is 5.72. The molecule has 0 spiro atoms. The molecule has 4 nitrogen and oxygen atoms in total. The van der Waals surface area contributed by atoms with Crippen LogP contribution < -0.4 is 10.1 Å². The topological polar surface area (TPSA) is 51.2 Å². The molecule has 3 rings (SSSR count). The molecule has 138 valence electrons. The minimum atomic E-state index is -0.359. The van der Waals surface area contributed by atoms with Crippen molar-refractivity contribution in [3.05, 3.63) is 76.7 Å². The highest BCUT2D eigenvalue weighted by Crippen LogP contribution is 2.36. The van der Waals surface area contributed by atoms with E-state index in [1.54, 1.807) is 54.7 Å². The van der Waals surface area contributed by atoms with E-state index in [-0.39, 0.29) is 11.7 Å². The van der Waals surface area contributed by atoms with E-state index in [1.807, 2.05) is 0 Å². The van der Waals surface area contributed by atoms with E-state index in [2.05, 4.69) is 10.3 Å². The van der Waals surface area contributed by atoms with Gasteiger partial charge in [-0.3, -0.25) is 4.79 Å². The van der Waals surface area contributed by atoms with Gasteiger partial charge in [0.15, 0.2) is 0 Å². The number of hydrogen-bond donors (Lipinski definition) is 1. The lowest BCUT2D eigenvalue weighted by molar-refractivity contribution is -0.114. The summed E-state index contributed by atoms with van der Waals surface area (Å²) < 4.78 is 20.6. The molecule has 0 aliphatic heterocycles. The number of aromatic nitrogens is 1. The summed E-state index contributed by atoms with van der Waals surface area (Å²) in [5.41, 5.74) is 2.36. The van der Waals surface area contributed by atoms with Gasteiger partial charge in [0.05, 0.1) is 12.7 Å². The first kappa shape index (κ1) is 18.9. The number of pyridine rings is 1. The number of halogens is 2. The summed E-state index contributed by atoms with van der Waals surface area (Å²) in [6.07, 6.45) is 1.98. The number of anilines is 1. The largest absolute Gasteiger partial charge is 0.496 e. The average molecular weight is 385 g/mol. The molecule has 2 aromatic carbocycles. The Morgan fingerprint density at radius 1 is 1.22 bits per heavy atom. The molecule has 0 radical (unpaired) electrons. The van der Waals surface area contributed by atoms with Crippen molar-refractivity contribution < 1.29 is 13.9 Å². The minimum Gasteiger partial charge on any atom is -0.496 e. The number of amides is 1. The van der Waals surface area contributed by atoms with Crippen molar-refractivity contribution in [1.29, 1.82) is 0 Å². The predicted molar refractivity (Wildman–Crippen MR) is 105 cm³/mol. The number of ether oxygens (including phenoxy) is 1. The van der Waals surface area contributed by atoms with Crippen LogP contribution in [0, 0.1) is 5.82 Å². The van der Waals surface area contributed by atoms with Gasteiger partial charge in [-0.2, -0.15) is 0 Å². The maximum Gasteiger partial charge on any atom is 0.222 e. The van der Waals surface area contributed by atoms with Crippen LogP contribution in [0.3, 0.4) is 0 Å². The molecular weight excluding hydrogens is 367 g/mol. The predicted octanol–water partition coefficient (Wildman–Crippen LogP) is 5.10. The van der Waals surface area contributed by atoms with Crippen LogP contribution in [0.25, 0.3) is 11.1 Å². The van der Waals surface area contributed by atoms with E-state index < -0.39 is 0 Å². The van der Waals surface area contributed by atoms with Crippen molar-refractivity contribution in [3.63, 3.8) is 0 Å². The molecule has 1 heterocycles. The molecule has 0 atom stereocenters. The lowest BCUT2D eigenvalue weighted by Gasteiger charge is -2.14. The van der Waals surface area contributed by atoms with Gasteiger partial charge in [0.2, 0.25) is 5.91 Å². The smallest absolute Gasteiger partial charge is 0.222 e. The van der Waals surface area contributed by atoms with Crippen LogP contribution >= 0.6 is 11.6 Å². The fourth-order valence-electron chi connectivity index (χ4n) is 2.82. The van der Waals surface area contributed by atoms with Gasteiger partial charge in [-0.05, 0) is 41.0 Å². The molecule has 1 N–H and O–H groups in total. The summed E-state index contributed by atoms with van der Waals surface area (Å²) in [4.78, 5) is 15.2. The second kappa shape index (κ2) is 8.18. The number of methoxy groups -OCH3 is 1. The third-order valence-electron chi connectivity index (χ3n) is 4.04. The Labute approximate surface area is 162 Å². The van der Waals surface area contributed by atoms with Crippen LogP contribution in [0.4, 0.5) is 10.2 Å². The Morgan fingerprint density at radius 3 is 2.67 bits per heavy atom. The van der Waals surface area contributed by atoms with Crippen molar-refractivity contribution in [2.45, 2.75) is 13.3 Å². The summed E-state index contributed by atoms with van der Waals surface area (Å²) in [6, 6.07) is 13.9. The van der Waals surface area contributed by atoms with Crippen LogP contribution in [0.5, 0.6) is 5.75 Å². The SMILES string of the molecule is COc1ccc(Cc2ccc(NC(C)=O)nc2)c(F)c1-c1cccc(Cl)c1. The Bertz CT molecular complexity index is 974. The zero-order chi connectivity index (χ0) is 19.4. The number of hydrogen-bond acceptors (Lipinski definition) is 3. The van der Waals surface area contributed by atoms with Gasteiger partial charge >= 0.3 is 0 Å². The molecule has 27 heavy (non-hydrogen) atoms. The van der Waals surface area contributed by atoms with Gasteiger partial charge in [0.1, 0.15) is 17.4 Å². The van der Waals surface area contributed by atoms with Gasteiger partial charge in [-0.25, -0.2) is 9.37 Å². The number of nitrogens with one attached hydrogen (secondary N) is 1. The summed E-state index contributed by atoms with van der Waals surface area (Å²) in [6.45, 7) is 1.42. The highest BCUT2D eigenvalue weighted by atomic mass is 35.5. The van der Waals surface area contributed by atoms with E-state index in [0.717, 1.165) is 5.56 Å². The van der Waals surface area contributed by atoms with Gasteiger partial charge in [-0.15, -0.1) is 0 Å². The maximum absolute atomic E-state index is 15.3. The molecule has 6 heteroatoms. The second-order valence-corrected chi connectivity index (χ2v) is 6.47. The second-order valence-electron chi connectivity index (χ2n) is 6.04. The molecule has 0 aliphatic rings. The van der Waals surface area contributed by atoms with Gasteiger partial charge in [-0.1, -0.05) is 35.9 Å². The van der Waals surface area contributed by atoms with Crippen molar-refractivity contribution in [2.24, 2.45) is 0 Å². The molecule has 0 unspecified atom stereocenters. The number of nitrogens with zero attached hydrogens (tertiary/aromatic N) is 1. The average Bonchev–Trinajstić information content (AvgIpc) is 2.64. The van der Waals surface area contributed by atoms with Crippen molar-refractivity contribution in [3.8, 4) is 16.9 Å². The Morgan fingerprint density at radius 2 is 2.04 bits per heavy atom. The van der Waals surface area contributed by atoms with Gasteiger partial charge in [0.25, 0.3) is 0 Å².